The average Bonchev–Trinajstić information content (AvgIpc) is 2.59. The van der Waals surface area contributed by atoms with Gasteiger partial charge in [0.15, 0.2) is 12.4 Å². The topological polar surface area (TPSA) is 73.9 Å². The third kappa shape index (κ3) is 5.14. The summed E-state index contributed by atoms with van der Waals surface area (Å²) >= 11 is 0. The zero-order valence-corrected chi connectivity index (χ0v) is 13.2. The maximum absolute atomic E-state index is 11.6. The standard InChI is InChI=1S/C18H20N2O3/c1-13(2)14-8-10-16(11-9-14)22-12-17(21)23-20-18(19)15-6-4-3-5-7-15/h3-11,13H,12H2,1-2H3,(H2,19,20). The highest BCUT2D eigenvalue weighted by Crippen LogP contribution is 2.18. The van der Waals surface area contributed by atoms with Gasteiger partial charge in [-0.2, -0.15) is 0 Å². The van der Waals surface area contributed by atoms with E-state index in [1.807, 2.05) is 42.5 Å². The van der Waals surface area contributed by atoms with Gasteiger partial charge in [-0.05, 0) is 23.6 Å². The Morgan fingerprint density at radius 3 is 2.35 bits per heavy atom. The Morgan fingerprint density at radius 1 is 1.09 bits per heavy atom. The van der Waals surface area contributed by atoms with E-state index in [1.54, 1.807) is 12.1 Å². The molecule has 2 aromatic carbocycles. The Morgan fingerprint density at radius 2 is 1.74 bits per heavy atom. The van der Waals surface area contributed by atoms with Crippen molar-refractivity contribution in [2.45, 2.75) is 19.8 Å². The van der Waals surface area contributed by atoms with Crippen LogP contribution in [0.3, 0.4) is 0 Å². The lowest BCUT2D eigenvalue weighted by Gasteiger charge is -2.07. The minimum Gasteiger partial charge on any atom is -0.482 e. The van der Waals surface area contributed by atoms with E-state index in [9.17, 15) is 4.79 Å². The maximum atomic E-state index is 11.6. The van der Waals surface area contributed by atoms with Crippen LogP contribution < -0.4 is 10.5 Å². The summed E-state index contributed by atoms with van der Waals surface area (Å²) in [7, 11) is 0. The number of hydrogen-bond donors (Lipinski definition) is 1. The van der Waals surface area contributed by atoms with Crippen LogP contribution in [0.2, 0.25) is 0 Å². The lowest BCUT2D eigenvalue weighted by Crippen LogP contribution is -2.17. The molecule has 0 saturated carbocycles. The van der Waals surface area contributed by atoms with Crippen molar-refractivity contribution in [3.05, 3.63) is 65.7 Å². The Kier molecular flexibility index (Phi) is 5.74. The van der Waals surface area contributed by atoms with E-state index in [0.717, 1.165) is 0 Å². The smallest absolute Gasteiger partial charge is 0.372 e. The molecule has 0 amide bonds. The first kappa shape index (κ1) is 16.5. The Hall–Kier alpha value is -2.82. The monoisotopic (exact) mass is 312 g/mol. The molecule has 0 atom stereocenters. The minimum absolute atomic E-state index is 0.139. The predicted molar refractivity (Wildman–Crippen MR) is 89.3 cm³/mol. The quantitative estimate of drug-likeness (QED) is 0.385. The Bertz CT molecular complexity index is 664. The van der Waals surface area contributed by atoms with Crippen molar-refractivity contribution >= 4 is 11.8 Å². The van der Waals surface area contributed by atoms with Gasteiger partial charge in [0, 0.05) is 5.56 Å². The third-order valence-electron chi connectivity index (χ3n) is 3.22. The molecule has 0 bridgehead atoms. The molecule has 23 heavy (non-hydrogen) atoms. The van der Waals surface area contributed by atoms with Crippen LogP contribution in [0.1, 0.15) is 30.9 Å². The predicted octanol–water partition coefficient (Wildman–Crippen LogP) is 3.05. The third-order valence-corrected chi connectivity index (χ3v) is 3.22. The van der Waals surface area contributed by atoms with E-state index >= 15 is 0 Å². The molecule has 5 nitrogen and oxygen atoms in total. The summed E-state index contributed by atoms with van der Waals surface area (Å²) in [6, 6.07) is 16.6. The second kappa shape index (κ2) is 7.98. The first-order valence-electron chi connectivity index (χ1n) is 7.37. The van der Waals surface area contributed by atoms with Gasteiger partial charge in [-0.25, -0.2) is 4.79 Å². The number of nitrogens with two attached hydrogens (primary N) is 1. The molecule has 0 aliphatic rings. The molecule has 0 aromatic heterocycles. The van der Waals surface area contributed by atoms with E-state index in [-0.39, 0.29) is 12.4 Å². The molecule has 5 heteroatoms. The van der Waals surface area contributed by atoms with E-state index in [4.69, 9.17) is 15.3 Å². The molecule has 0 saturated heterocycles. The summed E-state index contributed by atoms with van der Waals surface area (Å²) in [4.78, 5) is 16.4. The van der Waals surface area contributed by atoms with Crippen molar-refractivity contribution in [1.29, 1.82) is 0 Å². The van der Waals surface area contributed by atoms with Crippen LogP contribution in [0.15, 0.2) is 59.8 Å². The van der Waals surface area contributed by atoms with Gasteiger partial charge < -0.3 is 15.3 Å². The van der Waals surface area contributed by atoms with Crippen LogP contribution in [0.5, 0.6) is 5.75 Å². The lowest BCUT2D eigenvalue weighted by atomic mass is 10.0. The number of ether oxygens (including phenoxy) is 1. The van der Waals surface area contributed by atoms with E-state index in [1.165, 1.54) is 5.56 Å². The van der Waals surface area contributed by atoms with Crippen LogP contribution in [-0.2, 0) is 9.63 Å². The number of oxime groups is 1. The highest BCUT2D eigenvalue weighted by atomic mass is 16.7. The van der Waals surface area contributed by atoms with Gasteiger partial charge in [-0.1, -0.05) is 61.5 Å². The number of benzene rings is 2. The van der Waals surface area contributed by atoms with Crippen molar-refractivity contribution in [2.75, 3.05) is 6.61 Å². The summed E-state index contributed by atoms with van der Waals surface area (Å²) in [5.74, 6) is 0.577. The summed E-state index contributed by atoms with van der Waals surface area (Å²) < 4.78 is 5.36. The highest BCUT2D eigenvalue weighted by Gasteiger charge is 2.06. The van der Waals surface area contributed by atoms with E-state index < -0.39 is 5.97 Å². The Labute approximate surface area is 135 Å². The summed E-state index contributed by atoms with van der Waals surface area (Å²) in [5.41, 5.74) is 7.62. The van der Waals surface area contributed by atoms with Crippen LogP contribution in [0.25, 0.3) is 0 Å². The van der Waals surface area contributed by atoms with Crippen LogP contribution in [0, 0.1) is 0 Å². The molecule has 0 unspecified atom stereocenters. The first-order valence-corrected chi connectivity index (χ1v) is 7.37. The molecule has 0 aliphatic carbocycles. The van der Waals surface area contributed by atoms with Gasteiger partial charge in [0.1, 0.15) is 5.75 Å². The molecule has 2 rings (SSSR count). The number of rotatable bonds is 6. The molecule has 0 spiro atoms. The van der Waals surface area contributed by atoms with Crippen LogP contribution >= 0.6 is 0 Å². The molecule has 2 aromatic rings. The van der Waals surface area contributed by atoms with Gasteiger partial charge in [0.05, 0.1) is 0 Å². The number of carbonyl (C=O) groups is 1. The van der Waals surface area contributed by atoms with Gasteiger partial charge in [0.25, 0.3) is 0 Å². The average molecular weight is 312 g/mol. The minimum atomic E-state index is -0.614. The van der Waals surface area contributed by atoms with Gasteiger partial charge >= 0.3 is 5.97 Å². The number of hydrogen-bond acceptors (Lipinski definition) is 4. The van der Waals surface area contributed by atoms with Crippen molar-refractivity contribution in [2.24, 2.45) is 10.9 Å². The fourth-order valence-electron chi connectivity index (χ4n) is 1.88. The lowest BCUT2D eigenvalue weighted by molar-refractivity contribution is -0.146. The summed E-state index contributed by atoms with van der Waals surface area (Å²) in [6.07, 6.45) is 0. The SMILES string of the molecule is CC(C)c1ccc(OCC(=O)O/N=C(\N)c2ccccc2)cc1. The summed E-state index contributed by atoms with van der Waals surface area (Å²) in [5, 5.41) is 3.61. The van der Waals surface area contributed by atoms with Crippen LogP contribution in [0.4, 0.5) is 0 Å². The molecule has 0 heterocycles. The number of nitrogens with zero attached hydrogens (tertiary/aromatic N) is 1. The fraction of sp³-hybridized carbons (Fsp3) is 0.222. The molecule has 0 aliphatic heterocycles. The molecular weight excluding hydrogens is 292 g/mol. The highest BCUT2D eigenvalue weighted by molar-refractivity contribution is 5.97. The van der Waals surface area contributed by atoms with Crippen molar-refractivity contribution < 1.29 is 14.4 Å². The fourth-order valence-corrected chi connectivity index (χ4v) is 1.88. The zero-order chi connectivity index (χ0) is 16.7. The van der Waals surface area contributed by atoms with Crippen molar-refractivity contribution in [3.8, 4) is 5.75 Å². The molecule has 0 radical (unpaired) electrons. The molecule has 0 fully saturated rings. The molecule has 2 N–H and O–H groups in total. The van der Waals surface area contributed by atoms with Crippen LogP contribution in [-0.4, -0.2) is 18.4 Å². The maximum Gasteiger partial charge on any atom is 0.372 e. The van der Waals surface area contributed by atoms with E-state index in [2.05, 4.69) is 19.0 Å². The first-order chi connectivity index (χ1) is 11.1. The molecular formula is C18H20N2O3. The Balaban J connectivity index is 1.83. The summed E-state index contributed by atoms with van der Waals surface area (Å²) in [6.45, 7) is 4.00. The van der Waals surface area contributed by atoms with E-state index in [0.29, 0.717) is 17.2 Å². The molecule has 120 valence electrons. The van der Waals surface area contributed by atoms with Crippen molar-refractivity contribution in [1.82, 2.24) is 0 Å². The second-order valence-electron chi connectivity index (χ2n) is 5.32. The normalized spacial score (nSPS) is 11.3. The van der Waals surface area contributed by atoms with Gasteiger partial charge in [-0.15, -0.1) is 0 Å². The largest absolute Gasteiger partial charge is 0.482 e. The number of carbonyl (C=O) groups excluding carboxylic acids is 1. The van der Waals surface area contributed by atoms with Gasteiger partial charge in [-0.3, -0.25) is 0 Å². The van der Waals surface area contributed by atoms with Gasteiger partial charge in [0.2, 0.25) is 0 Å². The van der Waals surface area contributed by atoms with Crippen molar-refractivity contribution in [3.63, 3.8) is 0 Å². The second-order valence-corrected chi connectivity index (χ2v) is 5.32. The number of amidine groups is 1. The zero-order valence-electron chi connectivity index (χ0n) is 13.2.